The van der Waals surface area contributed by atoms with Crippen molar-refractivity contribution >= 4 is 16.9 Å². The van der Waals surface area contributed by atoms with Gasteiger partial charge in [-0.3, -0.25) is 4.79 Å². The monoisotopic (exact) mass is 309 g/mol. The number of hydrogen-bond acceptors (Lipinski definition) is 3. The molecule has 0 saturated carbocycles. The summed E-state index contributed by atoms with van der Waals surface area (Å²) in [6, 6.07) is 8.03. The number of likely N-dealkylation sites (tertiary alicyclic amines) is 1. The summed E-state index contributed by atoms with van der Waals surface area (Å²) in [5, 5.41) is 0. The number of nitrogens with zero attached hydrogens (tertiary/aromatic N) is 4. The number of rotatable bonds is 3. The normalized spacial score (nSPS) is 18.4. The molecule has 1 atom stereocenters. The van der Waals surface area contributed by atoms with Crippen molar-refractivity contribution in [2.24, 2.45) is 0 Å². The van der Waals surface area contributed by atoms with E-state index in [1.54, 1.807) is 12.5 Å². The summed E-state index contributed by atoms with van der Waals surface area (Å²) in [6.07, 6.45) is 8.31. The third-order valence-electron chi connectivity index (χ3n) is 4.42. The number of aromatic nitrogens is 4. The average Bonchev–Trinajstić information content (AvgIpc) is 3.23. The minimum absolute atomic E-state index is 0.0344. The van der Waals surface area contributed by atoms with Crippen LogP contribution in [-0.4, -0.2) is 36.9 Å². The first-order valence-electron chi connectivity index (χ1n) is 8.01. The highest BCUT2D eigenvalue weighted by Gasteiger charge is 2.30. The molecule has 1 aliphatic heterocycles. The highest BCUT2D eigenvalue weighted by atomic mass is 16.2. The van der Waals surface area contributed by atoms with Gasteiger partial charge in [0.2, 0.25) is 5.91 Å². The zero-order chi connectivity index (χ0) is 15.6. The van der Waals surface area contributed by atoms with Crippen LogP contribution in [0.15, 0.2) is 43.0 Å². The number of piperidine rings is 1. The van der Waals surface area contributed by atoms with Crippen LogP contribution in [0, 0.1) is 0 Å². The van der Waals surface area contributed by atoms with Gasteiger partial charge in [-0.2, -0.15) is 0 Å². The van der Waals surface area contributed by atoms with Crippen LogP contribution in [0.25, 0.3) is 11.0 Å². The molecule has 0 radical (unpaired) electrons. The number of imidazole rings is 2. The molecule has 1 N–H and O–H groups in total. The number of carbonyl (C=O) groups is 1. The molecule has 1 aliphatic rings. The highest BCUT2D eigenvalue weighted by Crippen LogP contribution is 2.30. The van der Waals surface area contributed by atoms with Gasteiger partial charge in [-0.15, -0.1) is 0 Å². The maximum Gasteiger partial charge on any atom is 0.243 e. The summed E-state index contributed by atoms with van der Waals surface area (Å²) in [5.74, 6) is 1.01. The van der Waals surface area contributed by atoms with E-state index >= 15 is 0 Å². The second kappa shape index (κ2) is 5.87. The Morgan fingerprint density at radius 3 is 3.04 bits per heavy atom. The Balaban J connectivity index is 1.60. The number of benzene rings is 1. The Morgan fingerprint density at radius 2 is 2.22 bits per heavy atom. The second-order valence-corrected chi connectivity index (χ2v) is 5.97. The third-order valence-corrected chi connectivity index (χ3v) is 4.42. The molecule has 6 nitrogen and oxygen atoms in total. The van der Waals surface area contributed by atoms with Gasteiger partial charge in [0.15, 0.2) is 0 Å². The predicted octanol–water partition coefficient (Wildman–Crippen LogP) is 2.51. The first-order chi connectivity index (χ1) is 11.3. The fourth-order valence-corrected chi connectivity index (χ4v) is 3.27. The van der Waals surface area contributed by atoms with Gasteiger partial charge in [0.05, 0.1) is 23.4 Å². The van der Waals surface area contributed by atoms with E-state index in [9.17, 15) is 4.79 Å². The van der Waals surface area contributed by atoms with E-state index < -0.39 is 0 Å². The minimum atomic E-state index is 0.0344. The highest BCUT2D eigenvalue weighted by molar-refractivity contribution is 5.77. The molecule has 6 heteroatoms. The molecule has 3 heterocycles. The first-order valence-corrected chi connectivity index (χ1v) is 8.01. The molecule has 118 valence electrons. The van der Waals surface area contributed by atoms with Gasteiger partial charge >= 0.3 is 0 Å². The van der Waals surface area contributed by atoms with E-state index in [4.69, 9.17) is 4.98 Å². The quantitative estimate of drug-likeness (QED) is 0.808. The van der Waals surface area contributed by atoms with Crippen molar-refractivity contribution in [2.45, 2.75) is 31.8 Å². The fraction of sp³-hybridized carbons (Fsp3) is 0.353. The van der Waals surface area contributed by atoms with E-state index in [0.29, 0.717) is 6.54 Å². The van der Waals surface area contributed by atoms with E-state index in [2.05, 4.69) is 9.97 Å². The van der Waals surface area contributed by atoms with Crippen molar-refractivity contribution in [1.82, 2.24) is 24.4 Å². The lowest BCUT2D eigenvalue weighted by Crippen LogP contribution is -2.40. The number of carbonyl (C=O) groups excluding carboxylic acids is 1. The lowest BCUT2D eigenvalue weighted by atomic mass is 10.0. The topological polar surface area (TPSA) is 66.8 Å². The Hall–Kier alpha value is -2.63. The summed E-state index contributed by atoms with van der Waals surface area (Å²) in [5.41, 5.74) is 1.98. The number of amides is 1. The van der Waals surface area contributed by atoms with Gasteiger partial charge in [-0.1, -0.05) is 12.1 Å². The van der Waals surface area contributed by atoms with Gasteiger partial charge in [-0.25, -0.2) is 9.97 Å². The summed E-state index contributed by atoms with van der Waals surface area (Å²) >= 11 is 0. The SMILES string of the molecule is O=C(Cn1ccnc1)N1CCCCC1c1nc2ccccc2[nH]1. The maximum absolute atomic E-state index is 12.7. The van der Waals surface area contributed by atoms with Crippen molar-refractivity contribution in [3.05, 3.63) is 48.8 Å². The number of para-hydroxylation sites is 2. The largest absolute Gasteiger partial charge is 0.340 e. The van der Waals surface area contributed by atoms with E-state index in [-0.39, 0.29) is 11.9 Å². The zero-order valence-electron chi connectivity index (χ0n) is 12.9. The number of hydrogen-bond donors (Lipinski definition) is 1. The fourth-order valence-electron chi connectivity index (χ4n) is 3.27. The predicted molar refractivity (Wildman–Crippen MR) is 86.6 cm³/mol. The Labute approximate surface area is 134 Å². The smallest absolute Gasteiger partial charge is 0.243 e. The van der Waals surface area contributed by atoms with E-state index in [1.165, 1.54) is 0 Å². The lowest BCUT2D eigenvalue weighted by Gasteiger charge is -2.34. The van der Waals surface area contributed by atoms with Crippen molar-refractivity contribution < 1.29 is 4.79 Å². The third kappa shape index (κ3) is 2.72. The van der Waals surface area contributed by atoms with Gasteiger partial charge in [0, 0.05) is 18.9 Å². The van der Waals surface area contributed by atoms with Gasteiger partial charge in [0.25, 0.3) is 0 Å². The summed E-state index contributed by atoms with van der Waals surface area (Å²) in [4.78, 5) is 26.7. The molecule has 1 unspecified atom stereocenters. The van der Waals surface area contributed by atoms with E-state index in [1.807, 2.05) is 39.9 Å². The zero-order valence-corrected chi connectivity index (χ0v) is 12.9. The lowest BCUT2D eigenvalue weighted by molar-refractivity contribution is -0.135. The molecule has 0 spiro atoms. The summed E-state index contributed by atoms with van der Waals surface area (Å²) < 4.78 is 1.81. The van der Waals surface area contributed by atoms with Crippen LogP contribution >= 0.6 is 0 Å². The van der Waals surface area contributed by atoms with Crippen molar-refractivity contribution in [1.29, 1.82) is 0 Å². The van der Waals surface area contributed by atoms with Crippen molar-refractivity contribution in [2.75, 3.05) is 6.54 Å². The van der Waals surface area contributed by atoms with Crippen LogP contribution in [0.2, 0.25) is 0 Å². The summed E-state index contributed by atoms with van der Waals surface area (Å²) in [7, 11) is 0. The van der Waals surface area contributed by atoms with Crippen LogP contribution in [0.1, 0.15) is 31.1 Å². The molecular formula is C17H19N5O. The van der Waals surface area contributed by atoms with Crippen LogP contribution in [-0.2, 0) is 11.3 Å². The number of H-pyrrole nitrogens is 1. The van der Waals surface area contributed by atoms with Crippen LogP contribution in [0.5, 0.6) is 0 Å². The molecule has 1 fully saturated rings. The molecule has 23 heavy (non-hydrogen) atoms. The molecule has 4 rings (SSSR count). The molecule has 2 aromatic heterocycles. The number of aromatic amines is 1. The van der Waals surface area contributed by atoms with Crippen molar-refractivity contribution in [3.8, 4) is 0 Å². The Kier molecular flexibility index (Phi) is 3.57. The summed E-state index contributed by atoms with van der Waals surface area (Å²) in [6.45, 7) is 1.12. The van der Waals surface area contributed by atoms with Crippen LogP contribution in [0.4, 0.5) is 0 Å². The van der Waals surface area contributed by atoms with Crippen molar-refractivity contribution in [3.63, 3.8) is 0 Å². The van der Waals surface area contributed by atoms with Gasteiger partial charge < -0.3 is 14.5 Å². The average molecular weight is 309 g/mol. The maximum atomic E-state index is 12.7. The Bertz CT molecular complexity index is 774. The second-order valence-electron chi connectivity index (χ2n) is 5.97. The molecule has 0 bridgehead atoms. The molecule has 3 aromatic rings. The molecule has 0 aliphatic carbocycles. The standard InChI is InChI=1S/C17H19N5O/c23-16(11-21-10-8-18-12-21)22-9-4-3-7-15(22)17-19-13-5-1-2-6-14(13)20-17/h1-2,5-6,8,10,12,15H,3-4,7,9,11H2,(H,19,20). The van der Waals surface area contributed by atoms with Gasteiger partial charge in [-0.05, 0) is 31.4 Å². The molecule has 1 amide bonds. The number of fused-ring (bicyclic) bond motifs is 1. The van der Waals surface area contributed by atoms with Gasteiger partial charge in [0.1, 0.15) is 12.4 Å². The molecule has 1 saturated heterocycles. The minimum Gasteiger partial charge on any atom is -0.340 e. The molecular weight excluding hydrogens is 290 g/mol. The number of nitrogens with one attached hydrogen (secondary N) is 1. The van der Waals surface area contributed by atoms with E-state index in [0.717, 1.165) is 42.7 Å². The first kappa shape index (κ1) is 14.0. The Morgan fingerprint density at radius 1 is 1.30 bits per heavy atom. The van der Waals surface area contributed by atoms with Crippen LogP contribution in [0.3, 0.4) is 0 Å². The molecule has 1 aromatic carbocycles. The van der Waals surface area contributed by atoms with Crippen LogP contribution < -0.4 is 0 Å².